The summed E-state index contributed by atoms with van der Waals surface area (Å²) in [5.74, 6) is -1.03. The molecule has 158 valence electrons. The van der Waals surface area contributed by atoms with Crippen LogP contribution in [0.3, 0.4) is 0 Å². The molecule has 6 nitrogen and oxygen atoms in total. The van der Waals surface area contributed by atoms with Gasteiger partial charge in [-0.25, -0.2) is 4.98 Å². The van der Waals surface area contributed by atoms with Crippen LogP contribution in [0.5, 0.6) is 5.75 Å². The number of methoxy groups -OCH3 is 1. The number of aromatic nitrogens is 1. The SMILES string of the molecule is COc1ccc(C(O)=C2C(=O)C(=O)N(c3nc(C)c(C)s3)[C@H]2c2ccc(C)cc2)cc1. The highest BCUT2D eigenvalue weighted by atomic mass is 32.1. The molecule has 1 fully saturated rings. The summed E-state index contributed by atoms with van der Waals surface area (Å²) in [6.07, 6.45) is 0. The minimum atomic E-state index is -0.771. The van der Waals surface area contributed by atoms with E-state index in [2.05, 4.69) is 4.98 Å². The Morgan fingerprint density at radius 3 is 2.23 bits per heavy atom. The number of ketones is 1. The predicted octanol–water partition coefficient (Wildman–Crippen LogP) is 4.70. The fourth-order valence-corrected chi connectivity index (χ4v) is 4.49. The van der Waals surface area contributed by atoms with Gasteiger partial charge in [0.05, 0.1) is 24.4 Å². The number of amides is 1. The molecule has 1 aromatic heterocycles. The standard InChI is InChI=1S/C24H22N2O4S/c1-13-5-7-16(8-6-13)20-19(21(27)17-9-11-18(30-4)12-10-17)22(28)23(29)26(20)24-25-14(2)15(3)31-24/h5-12,20,27H,1-4H3/t20-/m0/s1. The number of aliphatic hydroxyl groups excluding tert-OH is 1. The van der Waals surface area contributed by atoms with Crippen LogP contribution in [0, 0.1) is 20.8 Å². The molecule has 31 heavy (non-hydrogen) atoms. The van der Waals surface area contributed by atoms with Crippen molar-refractivity contribution in [1.82, 2.24) is 4.98 Å². The van der Waals surface area contributed by atoms with Gasteiger partial charge in [-0.2, -0.15) is 0 Å². The van der Waals surface area contributed by atoms with E-state index in [1.165, 1.54) is 16.2 Å². The zero-order chi connectivity index (χ0) is 22.3. The zero-order valence-electron chi connectivity index (χ0n) is 17.7. The lowest BCUT2D eigenvalue weighted by Gasteiger charge is -2.23. The number of aryl methyl sites for hydroxylation is 3. The first-order valence-corrected chi connectivity index (χ1v) is 10.6. The van der Waals surface area contributed by atoms with Gasteiger partial charge in [0.1, 0.15) is 11.5 Å². The highest BCUT2D eigenvalue weighted by Crippen LogP contribution is 2.43. The molecule has 2 aromatic carbocycles. The first-order valence-electron chi connectivity index (χ1n) is 9.78. The smallest absolute Gasteiger partial charge is 0.301 e. The number of anilines is 1. The highest BCUT2D eigenvalue weighted by Gasteiger charge is 2.48. The number of ether oxygens (including phenoxy) is 1. The lowest BCUT2D eigenvalue weighted by molar-refractivity contribution is -0.132. The molecule has 0 aliphatic carbocycles. The summed E-state index contributed by atoms with van der Waals surface area (Å²) < 4.78 is 5.17. The van der Waals surface area contributed by atoms with E-state index in [1.807, 2.05) is 45.0 Å². The number of rotatable bonds is 4. The van der Waals surface area contributed by atoms with Crippen molar-refractivity contribution in [1.29, 1.82) is 0 Å². The van der Waals surface area contributed by atoms with E-state index < -0.39 is 17.7 Å². The van der Waals surface area contributed by atoms with Crippen molar-refractivity contribution in [2.24, 2.45) is 0 Å². The van der Waals surface area contributed by atoms with E-state index in [0.717, 1.165) is 21.7 Å². The minimum absolute atomic E-state index is 0.0459. The van der Waals surface area contributed by atoms with Crippen molar-refractivity contribution >= 4 is 33.9 Å². The molecular formula is C24H22N2O4S. The molecule has 0 radical (unpaired) electrons. The number of hydrogen-bond donors (Lipinski definition) is 1. The summed E-state index contributed by atoms with van der Waals surface area (Å²) in [7, 11) is 1.55. The molecule has 1 N–H and O–H groups in total. The average molecular weight is 435 g/mol. The maximum absolute atomic E-state index is 13.1. The third-order valence-electron chi connectivity index (χ3n) is 5.42. The van der Waals surface area contributed by atoms with Gasteiger partial charge < -0.3 is 9.84 Å². The third-order valence-corrected chi connectivity index (χ3v) is 6.50. The average Bonchev–Trinajstić information content (AvgIpc) is 3.23. The lowest BCUT2D eigenvalue weighted by Crippen LogP contribution is -2.29. The maximum atomic E-state index is 13.1. The number of carbonyl (C=O) groups excluding carboxylic acids is 2. The first-order chi connectivity index (χ1) is 14.8. The Bertz CT molecular complexity index is 1170. The van der Waals surface area contributed by atoms with Crippen molar-refractivity contribution in [2.75, 3.05) is 12.0 Å². The Morgan fingerprint density at radius 1 is 1.03 bits per heavy atom. The molecule has 3 aromatic rings. The topological polar surface area (TPSA) is 79.7 Å². The summed E-state index contributed by atoms with van der Waals surface area (Å²) in [5, 5.41) is 11.5. The number of nitrogens with zero attached hydrogens (tertiary/aromatic N) is 2. The summed E-state index contributed by atoms with van der Waals surface area (Å²) in [6, 6.07) is 13.5. The molecule has 1 aliphatic rings. The van der Waals surface area contributed by atoms with Gasteiger partial charge in [0.25, 0.3) is 5.78 Å². The van der Waals surface area contributed by atoms with Crippen molar-refractivity contribution in [2.45, 2.75) is 26.8 Å². The van der Waals surface area contributed by atoms with Crippen LogP contribution < -0.4 is 9.64 Å². The minimum Gasteiger partial charge on any atom is -0.507 e. The second kappa shape index (κ2) is 8.00. The van der Waals surface area contributed by atoms with Gasteiger partial charge in [-0.15, -0.1) is 11.3 Å². The highest BCUT2D eigenvalue weighted by molar-refractivity contribution is 7.16. The molecule has 1 atom stereocenters. The van der Waals surface area contributed by atoms with Crippen LogP contribution in [0.15, 0.2) is 54.1 Å². The van der Waals surface area contributed by atoms with E-state index in [1.54, 1.807) is 31.4 Å². The van der Waals surface area contributed by atoms with E-state index in [9.17, 15) is 14.7 Å². The van der Waals surface area contributed by atoms with Gasteiger partial charge in [0.2, 0.25) is 0 Å². The maximum Gasteiger partial charge on any atom is 0.301 e. The van der Waals surface area contributed by atoms with Crippen LogP contribution in [-0.2, 0) is 9.59 Å². The fourth-order valence-electron chi connectivity index (χ4n) is 3.56. The van der Waals surface area contributed by atoms with Gasteiger partial charge in [-0.1, -0.05) is 29.8 Å². The Balaban J connectivity index is 1.92. The molecule has 0 bridgehead atoms. The molecular weight excluding hydrogens is 412 g/mol. The normalized spacial score (nSPS) is 17.9. The molecule has 1 saturated heterocycles. The number of aliphatic hydroxyl groups is 1. The fraction of sp³-hybridized carbons (Fsp3) is 0.208. The zero-order valence-corrected chi connectivity index (χ0v) is 18.5. The van der Waals surface area contributed by atoms with Crippen LogP contribution in [0.2, 0.25) is 0 Å². The van der Waals surface area contributed by atoms with Crippen molar-refractivity contribution < 1.29 is 19.4 Å². The van der Waals surface area contributed by atoms with E-state index in [0.29, 0.717) is 16.4 Å². The quantitative estimate of drug-likeness (QED) is 0.366. The van der Waals surface area contributed by atoms with Gasteiger partial charge in [-0.05, 0) is 50.6 Å². The van der Waals surface area contributed by atoms with Gasteiger partial charge in [0, 0.05) is 10.4 Å². The summed E-state index contributed by atoms with van der Waals surface area (Å²) >= 11 is 1.35. The van der Waals surface area contributed by atoms with Gasteiger partial charge in [-0.3, -0.25) is 14.5 Å². The molecule has 4 rings (SSSR count). The monoisotopic (exact) mass is 434 g/mol. The number of Topliss-reactive ketones (excluding diaryl/α,β-unsaturated/α-hetero) is 1. The second-order valence-corrected chi connectivity index (χ2v) is 8.63. The van der Waals surface area contributed by atoms with Crippen LogP contribution in [0.4, 0.5) is 5.13 Å². The van der Waals surface area contributed by atoms with Crippen LogP contribution in [0.25, 0.3) is 5.76 Å². The van der Waals surface area contributed by atoms with Crippen molar-refractivity contribution in [3.63, 3.8) is 0 Å². The number of hydrogen-bond acceptors (Lipinski definition) is 6. The Hall–Kier alpha value is -3.45. The second-order valence-electron chi connectivity index (χ2n) is 7.45. The van der Waals surface area contributed by atoms with E-state index >= 15 is 0 Å². The molecule has 0 saturated carbocycles. The molecule has 1 amide bonds. The number of benzene rings is 2. The summed E-state index contributed by atoms with van der Waals surface area (Å²) in [5.41, 5.74) is 3.06. The Morgan fingerprint density at radius 2 is 1.68 bits per heavy atom. The first kappa shape index (κ1) is 20.8. The molecule has 1 aliphatic heterocycles. The lowest BCUT2D eigenvalue weighted by atomic mass is 9.95. The molecule has 0 spiro atoms. The van der Waals surface area contributed by atoms with Gasteiger partial charge in [0.15, 0.2) is 5.13 Å². The van der Waals surface area contributed by atoms with E-state index in [4.69, 9.17) is 4.74 Å². The van der Waals surface area contributed by atoms with E-state index in [-0.39, 0.29) is 11.3 Å². The Kier molecular flexibility index (Phi) is 5.37. The summed E-state index contributed by atoms with van der Waals surface area (Å²) in [4.78, 5) is 33.1. The van der Waals surface area contributed by atoms with Gasteiger partial charge >= 0.3 is 5.91 Å². The number of carbonyl (C=O) groups is 2. The van der Waals surface area contributed by atoms with Crippen LogP contribution >= 0.6 is 11.3 Å². The Labute approximate surface area is 184 Å². The van der Waals surface area contributed by atoms with Crippen LogP contribution in [0.1, 0.15) is 33.3 Å². The largest absolute Gasteiger partial charge is 0.507 e. The van der Waals surface area contributed by atoms with Crippen LogP contribution in [-0.4, -0.2) is 28.9 Å². The summed E-state index contributed by atoms with van der Waals surface area (Å²) in [6.45, 7) is 5.75. The molecule has 7 heteroatoms. The van der Waals surface area contributed by atoms with Crippen molar-refractivity contribution in [3.05, 3.63) is 81.4 Å². The predicted molar refractivity (Wildman–Crippen MR) is 121 cm³/mol. The number of thiazole rings is 1. The third kappa shape index (κ3) is 3.61. The van der Waals surface area contributed by atoms with Crippen molar-refractivity contribution in [3.8, 4) is 5.75 Å². The molecule has 2 heterocycles. The molecule has 0 unspecified atom stereocenters.